The van der Waals surface area contributed by atoms with E-state index < -0.39 is 0 Å². The maximum absolute atomic E-state index is 11.4. The number of rotatable bonds is 2. The number of hydrogen-bond acceptors (Lipinski definition) is 1. The molecule has 0 radical (unpaired) electrons. The molecule has 0 unspecified atom stereocenters. The lowest BCUT2D eigenvalue weighted by atomic mass is 9.80. The molecule has 0 spiro atoms. The maximum atomic E-state index is 11.4. The van der Waals surface area contributed by atoms with Crippen molar-refractivity contribution >= 4 is 5.78 Å². The van der Waals surface area contributed by atoms with Gasteiger partial charge >= 0.3 is 0 Å². The summed E-state index contributed by atoms with van der Waals surface area (Å²) in [4.78, 5) is 11.4. The Morgan fingerprint density at radius 1 is 1.57 bits per heavy atom. The quantitative estimate of drug-likeness (QED) is 0.612. The normalized spacial score (nSPS) is 27.1. The van der Waals surface area contributed by atoms with Crippen molar-refractivity contribution in [2.75, 3.05) is 0 Å². The van der Waals surface area contributed by atoms with Crippen LogP contribution in [0, 0.1) is 11.8 Å². The molecule has 2 atom stereocenters. The van der Waals surface area contributed by atoms with Crippen LogP contribution in [0.15, 0.2) is 23.3 Å². The topological polar surface area (TPSA) is 17.1 Å². The van der Waals surface area contributed by atoms with Crippen molar-refractivity contribution in [2.45, 2.75) is 40.5 Å². The Kier molecular flexibility index (Phi) is 3.68. The van der Waals surface area contributed by atoms with Gasteiger partial charge in [-0.15, -0.1) is 0 Å². The van der Waals surface area contributed by atoms with Crippen LogP contribution in [0.1, 0.15) is 40.5 Å². The molecule has 78 valence electrons. The molecule has 1 nitrogen and oxygen atoms in total. The van der Waals surface area contributed by atoms with Crippen LogP contribution in [0.5, 0.6) is 0 Å². The number of ketones is 1. The summed E-state index contributed by atoms with van der Waals surface area (Å²) in [6.07, 6.45) is 6.20. The van der Waals surface area contributed by atoms with Crippen molar-refractivity contribution in [1.29, 1.82) is 0 Å². The van der Waals surface area contributed by atoms with Gasteiger partial charge in [-0.25, -0.2) is 0 Å². The van der Waals surface area contributed by atoms with Crippen LogP contribution in [-0.4, -0.2) is 5.78 Å². The fourth-order valence-electron chi connectivity index (χ4n) is 1.87. The first-order valence-electron chi connectivity index (χ1n) is 5.36. The van der Waals surface area contributed by atoms with Crippen molar-refractivity contribution < 1.29 is 4.79 Å². The molecule has 0 saturated carbocycles. The van der Waals surface area contributed by atoms with Gasteiger partial charge in [0.25, 0.3) is 0 Å². The van der Waals surface area contributed by atoms with Crippen molar-refractivity contribution in [2.24, 2.45) is 11.8 Å². The molecule has 14 heavy (non-hydrogen) atoms. The van der Waals surface area contributed by atoms with Gasteiger partial charge in [0.1, 0.15) is 0 Å². The van der Waals surface area contributed by atoms with Gasteiger partial charge in [-0.2, -0.15) is 0 Å². The molecule has 0 N–H and O–H groups in total. The van der Waals surface area contributed by atoms with Crippen LogP contribution in [0.4, 0.5) is 0 Å². The zero-order valence-electron chi connectivity index (χ0n) is 9.63. The molecule has 0 bridgehead atoms. The SMILES string of the molecule is CC(C)=CC[C@H]1C[C@H](C)C(=O)C=C1C. The summed E-state index contributed by atoms with van der Waals surface area (Å²) in [5.74, 6) is 1.10. The molecule has 1 heteroatoms. The highest BCUT2D eigenvalue weighted by Gasteiger charge is 2.23. The first-order chi connectivity index (χ1) is 6.50. The first kappa shape index (κ1) is 11.2. The highest BCUT2D eigenvalue weighted by atomic mass is 16.1. The van der Waals surface area contributed by atoms with Gasteiger partial charge in [0.2, 0.25) is 0 Å². The van der Waals surface area contributed by atoms with E-state index in [1.165, 1.54) is 11.1 Å². The predicted octanol–water partition coefficient (Wildman–Crippen LogP) is 3.51. The predicted molar refractivity (Wildman–Crippen MR) is 60.1 cm³/mol. The van der Waals surface area contributed by atoms with Crippen molar-refractivity contribution in [3.05, 3.63) is 23.3 Å². The fourth-order valence-corrected chi connectivity index (χ4v) is 1.87. The van der Waals surface area contributed by atoms with Crippen molar-refractivity contribution in [3.63, 3.8) is 0 Å². The molecule has 0 aliphatic heterocycles. The first-order valence-corrected chi connectivity index (χ1v) is 5.36. The van der Waals surface area contributed by atoms with E-state index in [2.05, 4.69) is 26.8 Å². The Bertz CT molecular complexity index is 280. The lowest BCUT2D eigenvalue weighted by molar-refractivity contribution is -0.118. The average Bonchev–Trinajstić information content (AvgIpc) is 2.09. The van der Waals surface area contributed by atoms with Crippen LogP contribution < -0.4 is 0 Å². The van der Waals surface area contributed by atoms with E-state index in [0.717, 1.165) is 12.8 Å². The van der Waals surface area contributed by atoms with Crippen LogP contribution in [0.25, 0.3) is 0 Å². The maximum Gasteiger partial charge on any atom is 0.158 e. The van der Waals surface area contributed by atoms with E-state index in [-0.39, 0.29) is 5.92 Å². The standard InChI is InChI=1S/C13H20O/c1-9(2)5-6-12-7-11(4)13(14)8-10(12)3/h5,8,11-12H,6-7H2,1-4H3/t11-,12-/m0/s1. The van der Waals surface area contributed by atoms with E-state index in [1.807, 2.05) is 13.0 Å². The van der Waals surface area contributed by atoms with Gasteiger partial charge in [0, 0.05) is 5.92 Å². The number of hydrogen-bond donors (Lipinski definition) is 0. The largest absolute Gasteiger partial charge is 0.295 e. The zero-order chi connectivity index (χ0) is 10.7. The van der Waals surface area contributed by atoms with Crippen LogP contribution in [-0.2, 0) is 4.79 Å². The summed E-state index contributed by atoms with van der Waals surface area (Å²) in [6, 6.07) is 0. The highest BCUT2D eigenvalue weighted by Crippen LogP contribution is 2.29. The Balaban J connectivity index is 2.67. The minimum atomic E-state index is 0.217. The molecule has 0 heterocycles. The molecular weight excluding hydrogens is 172 g/mol. The molecule has 1 aliphatic carbocycles. The summed E-state index contributed by atoms with van der Waals surface area (Å²) < 4.78 is 0. The Hall–Kier alpha value is -0.850. The van der Waals surface area contributed by atoms with Gasteiger partial charge < -0.3 is 0 Å². The third-order valence-electron chi connectivity index (χ3n) is 2.95. The average molecular weight is 192 g/mol. The monoisotopic (exact) mass is 192 g/mol. The summed E-state index contributed by atoms with van der Waals surface area (Å²) in [5, 5.41) is 0. The second-order valence-electron chi connectivity index (χ2n) is 4.64. The third-order valence-corrected chi connectivity index (χ3v) is 2.95. The van der Waals surface area contributed by atoms with Crippen molar-refractivity contribution in [3.8, 4) is 0 Å². The van der Waals surface area contributed by atoms with E-state index >= 15 is 0 Å². The fraction of sp³-hybridized carbons (Fsp3) is 0.615. The second kappa shape index (κ2) is 4.59. The third kappa shape index (κ3) is 2.83. The summed E-state index contributed by atoms with van der Waals surface area (Å²) in [5.41, 5.74) is 2.62. The Morgan fingerprint density at radius 2 is 2.21 bits per heavy atom. The molecule has 0 aromatic rings. The second-order valence-corrected chi connectivity index (χ2v) is 4.64. The smallest absolute Gasteiger partial charge is 0.158 e. The van der Waals surface area contributed by atoms with Gasteiger partial charge in [-0.1, -0.05) is 24.1 Å². The van der Waals surface area contributed by atoms with Gasteiger partial charge in [0.05, 0.1) is 0 Å². The summed E-state index contributed by atoms with van der Waals surface area (Å²) in [6.45, 7) is 8.35. The molecule has 0 amide bonds. The summed E-state index contributed by atoms with van der Waals surface area (Å²) in [7, 11) is 0. The van der Waals surface area contributed by atoms with E-state index in [9.17, 15) is 4.79 Å². The number of carbonyl (C=O) groups excluding carboxylic acids is 1. The Labute approximate surface area is 86.9 Å². The molecular formula is C13H20O. The minimum Gasteiger partial charge on any atom is -0.295 e. The minimum absolute atomic E-state index is 0.217. The molecule has 0 aromatic carbocycles. The van der Waals surface area contributed by atoms with Crippen LogP contribution in [0.3, 0.4) is 0 Å². The molecule has 0 saturated heterocycles. The molecule has 1 rings (SSSR count). The van der Waals surface area contributed by atoms with Crippen LogP contribution in [0.2, 0.25) is 0 Å². The lowest BCUT2D eigenvalue weighted by Gasteiger charge is -2.24. The summed E-state index contributed by atoms with van der Waals surface area (Å²) >= 11 is 0. The van der Waals surface area contributed by atoms with E-state index in [1.54, 1.807) is 0 Å². The number of carbonyl (C=O) groups is 1. The molecule has 1 aliphatic rings. The molecule has 0 fully saturated rings. The van der Waals surface area contributed by atoms with Crippen LogP contribution >= 0.6 is 0 Å². The van der Waals surface area contributed by atoms with Crippen molar-refractivity contribution in [1.82, 2.24) is 0 Å². The van der Waals surface area contributed by atoms with E-state index in [0.29, 0.717) is 11.7 Å². The molecule has 0 aromatic heterocycles. The Morgan fingerprint density at radius 3 is 2.79 bits per heavy atom. The van der Waals surface area contributed by atoms with Gasteiger partial charge in [0.15, 0.2) is 5.78 Å². The lowest BCUT2D eigenvalue weighted by Crippen LogP contribution is -2.20. The highest BCUT2D eigenvalue weighted by molar-refractivity contribution is 5.93. The zero-order valence-corrected chi connectivity index (χ0v) is 9.63. The number of allylic oxidation sites excluding steroid dienone is 4. The van der Waals surface area contributed by atoms with Gasteiger partial charge in [-0.05, 0) is 45.6 Å². The van der Waals surface area contributed by atoms with E-state index in [4.69, 9.17) is 0 Å². The van der Waals surface area contributed by atoms with Gasteiger partial charge in [-0.3, -0.25) is 4.79 Å².